The van der Waals surface area contributed by atoms with Crippen LogP contribution in [0.4, 0.5) is 0 Å². The average molecular weight is 273 g/mol. The van der Waals surface area contributed by atoms with Gasteiger partial charge >= 0.3 is 0 Å². The molecule has 1 heterocycles. The normalized spacial score (nSPS) is 10.2. The zero-order valence-corrected chi connectivity index (χ0v) is 9.50. The van der Waals surface area contributed by atoms with Gasteiger partial charge in [-0.05, 0) is 33.4 Å². The summed E-state index contributed by atoms with van der Waals surface area (Å²) in [6, 6.07) is 5.87. The van der Waals surface area contributed by atoms with Gasteiger partial charge in [0.05, 0.1) is 10.6 Å². The summed E-state index contributed by atoms with van der Waals surface area (Å²) in [5, 5.41) is 12.4. The number of thiophene rings is 1. The second-order valence-electron chi connectivity index (χ2n) is 2.49. The highest BCUT2D eigenvalue weighted by Gasteiger charge is 2.09. The largest absolute Gasteiger partial charge is 0.192 e. The van der Waals surface area contributed by atoms with E-state index in [0.717, 1.165) is 14.6 Å². The third-order valence-corrected chi connectivity index (χ3v) is 3.75. The standard InChI is InChI=1S/C9H3BrClNS/c10-9-5-1-2-13-8(5)3-7(11)6(9)4-12/h1-3H. The molecule has 4 heteroatoms. The molecule has 0 aliphatic carbocycles. The molecule has 2 aromatic rings. The molecule has 0 saturated heterocycles. The Hall–Kier alpha value is -0.560. The quantitative estimate of drug-likeness (QED) is 0.705. The minimum Gasteiger partial charge on any atom is -0.192 e. The Morgan fingerprint density at radius 3 is 3.00 bits per heavy atom. The van der Waals surface area contributed by atoms with Crippen molar-refractivity contribution in [2.24, 2.45) is 0 Å². The van der Waals surface area contributed by atoms with Gasteiger partial charge in [-0.15, -0.1) is 11.3 Å². The number of hydrogen-bond donors (Lipinski definition) is 0. The first kappa shape index (κ1) is 9.01. The van der Waals surface area contributed by atoms with E-state index >= 15 is 0 Å². The Kier molecular flexibility index (Phi) is 2.29. The third kappa shape index (κ3) is 1.35. The van der Waals surface area contributed by atoms with E-state index in [4.69, 9.17) is 16.9 Å². The minimum atomic E-state index is 0.504. The first-order valence-electron chi connectivity index (χ1n) is 3.49. The van der Waals surface area contributed by atoms with Crippen molar-refractivity contribution >= 4 is 49.0 Å². The van der Waals surface area contributed by atoms with Gasteiger partial charge in [0.2, 0.25) is 0 Å². The van der Waals surface area contributed by atoms with Crippen LogP contribution in [0.1, 0.15) is 5.56 Å². The SMILES string of the molecule is N#Cc1c(Cl)cc2sccc2c1Br. The van der Waals surface area contributed by atoms with Gasteiger partial charge in [0.1, 0.15) is 6.07 Å². The van der Waals surface area contributed by atoms with E-state index in [9.17, 15) is 0 Å². The van der Waals surface area contributed by atoms with Gasteiger partial charge in [-0.2, -0.15) is 5.26 Å². The zero-order chi connectivity index (χ0) is 9.42. The lowest BCUT2D eigenvalue weighted by Gasteiger charge is -1.99. The topological polar surface area (TPSA) is 23.8 Å². The number of rotatable bonds is 0. The fourth-order valence-electron chi connectivity index (χ4n) is 1.14. The summed E-state index contributed by atoms with van der Waals surface area (Å²) in [4.78, 5) is 0. The summed E-state index contributed by atoms with van der Waals surface area (Å²) < 4.78 is 1.88. The molecule has 0 unspecified atom stereocenters. The fraction of sp³-hybridized carbons (Fsp3) is 0. The number of hydrogen-bond acceptors (Lipinski definition) is 2. The smallest absolute Gasteiger partial charge is 0.102 e. The molecular weight excluding hydrogens is 270 g/mol. The first-order chi connectivity index (χ1) is 6.24. The Labute approximate surface area is 92.7 Å². The van der Waals surface area contributed by atoms with Crippen molar-refractivity contribution in [1.82, 2.24) is 0 Å². The van der Waals surface area contributed by atoms with Crippen LogP contribution in [0.15, 0.2) is 22.0 Å². The highest BCUT2D eigenvalue weighted by Crippen LogP contribution is 2.35. The number of halogens is 2. The molecule has 1 aromatic carbocycles. The molecule has 0 atom stereocenters. The van der Waals surface area contributed by atoms with Crippen molar-refractivity contribution < 1.29 is 0 Å². The Bertz CT molecular complexity index is 512. The van der Waals surface area contributed by atoms with Crippen LogP contribution in [0, 0.1) is 11.3 Å². The van der Waals surface area contributed by atoms with Crippen LogP contribution in [0.2, 0.25) is 5.02 Å². The van der Waals surface area contributed by atoms with E-state index in [1.807, 2.05) is 17.5 Å². The monoisotopic (exact) mass is 271 g/mol. The van der Waals surface area contributed by atoms with Gasteiger partial charge in [0.25, 0.3) is 0 Å². The van der Waals surface area contributed by atoms with E-state index in [1.165, 1.54) is 0 Å². The van der Waals surface area contributed by atoms with Gasteiger partial charge in [-0.25, -0.2) is 0 Å². The predicted octanol–water partition coefficient (Wildman–Crippen LogP) is 4.19. The second-order valence-corrected chi connectivity index (χ2v) is 4.64. The van der Waals surface area contributed by atoms with Crippen molar-refractivity contribution in [2.75, 3.05) is 0 Å². The minimum absolute atomic E-state index is 0.504. The molecule has 0 aliphatic rings. The number of fused-ring (bicyclic) bond motifs is 1. The van der Waals surface area contributed by atoms with E-state index in [0.29, 0.717) is 10.6 Å². The molecule has 64 valence electrons. The lowest BCUT2D eigenvalue weighted by atomic mass is 10.2. The summed E-state index contributed by atoms with van der Waals surface area (Å²) in [6.07, 6.45) is 0. The van der Waals surface area contributed by atoms with E-state index < -0.39 is 0 Å². The number of nitrogens with zero attached hydrogens (tertiary/aromatic N) is 1. The molecule has 1 aromatic heterocycles. The Morgan fingerprint density at radius 2 is 2.31 bits per heavy atom. The van der Waals surface area contributed by atoms with Gasteiger partial charge in [0.15, 0.2) is 0 Å². The molecule has 0 bridgehead atoms. The lowest BCUT2D eigenvalue weighted by Crippen LogP contribution is -1.79. The molecule has 2 rings (SSSR count). The second kappa shape index (κ2) is 3.30. The van der Waals surface area contributed by atoms with Gasteiger partial charge in [-0.1, -0.05) is 11.6 Å². The highest BCUT2D eigenvalue weighted by atomic mass is 79.9. The Morgan fingerprint density at radius 1 is 1.54 bits per heavy atom. The van der Waals surface area contributed by atoms with E-state index in [2.05, 4.69) is 22.0 Å². The maximum atomic E-state index is 8.84. The average Bonchev–Trinajstić information content (AvgIpc) is 2.53. The maximum absolute atomic E-state index is 8.84. The molecule has 1 nitrogen and oxygen atoms in total. The lowest BCUT2D eigenvalue weighted by molar-refractivity contribution is 1.49. The fourth-order valence-corrected chi connectivity index (χ4v) is 3.18. The maximum Gasteiger partial charge on any atom is 0.102 e. The number of nitriles is 1. The highest BCUT2D eigenvalue weighted by molar-refractivity contribution is 9.10. The van der Waals surface area contributed by atoms with Crippen LogP contribution in [0.25, 0.3) is 10.1 Å². The van der Waals surface area contributed by atoms with Crippen molar-refractivity contribution in [3.8, 4) is 6.07 Å². The van der Waals surface area contributed by atoms with E-state index in [-0.39, 0.29) is 0 Å². The summed E-state index contributed by atoms with van der Waals surface area (Å²) in [5.74, 6) is 0. The van der Waals surface area contributed by atoms with Crippen molar-refractivity contribution in [1.29, 1.82) is 5.26 Å². The molecule has 0 radical (unpaired) electrons. The van der Waals surface area contributed by atoms with Gasteiger partial charge in [0, 0.05) is 14.6 Å². The van der Waals surface area contributed by atoms with Crippen molar-refractivity contribution in [2.45, 2.75) is 0 Å². The van der Waals surface area contributed by atoms with Gasteiger partial charge in [-0.3, -0.25) is 0 Å². The molecule has 13 heavy (non-hydrogen) atoms. The zero-order valence-electron chi connectivity index (χ0n) is 6.34. The van der Waals surface area contributed by atoms with Crippen molar-refractivity contribution in [3.63, 3.8) is 0 Å². The summed E-state index contributed by atoms with van der Waals surface area (Å²) in [5.41, 5.74) is 0.507. The van der Waals surface area contributed by atoms with Gasteiger partial charge < -0.3 is 0 Å². The van der Waals surface area contributed by atoms with Crippen LogP contribution < -0.4 is 0 Å². The molecular formula is C9H3BrClNS. The molecule has 0 fully saturated rings. The predicted molar refractivity (Wildman–Crippen MR) is 59.3 cm³/mol. The van der Waals surface area contributed by atoms with Crippen LogP contribution in [0.3, 0.4) is 0 Å². The van der Waals surface area contributed by atoms with Crippen LogP contribution in [-0.4, -0.2) is 0 Å². The molecule has 0 aliphatic heterocycles. The Balaban J connectivity index is 2.95. The molecule has 0 amide bonds. The molecule has 0 N–H and O–H groups in total. The third-order valence-electron chi connectivity index (χ3n) is 1.76. The van der Waals surface area contributed by atoms with E-state index in [1.54, 1.807) is 11.3 Å². The summed E-state index contributed by atoms with van der Waals surface area (Å²) in [6.45, 7) is 0. The van der Waals surface area contributed by atoms with Crippen LogP contribution in [-0.2, 0) is 0 Å². The molecule has 0 spiro atoms. The summed E-state index contributed by atoms with van der Waals surface area (Å²) in [7, 11) is 0. The molecule has 0 saturated carbocycles. The summed E-state index contributed by atoms with van der Waals surface area (Å²) >= 11 is 10.9. The number of benzene rings is 1. The van der Waals surface area contributed by atoms with Crippen LogP contribution in [0.5, 0.6) is 0 Å². The first-order valence-corrected chi connectivity index (χ1v) is 5.54. The van der Waals surface area contributed by atoms with Crippen molar-refractivity contribution in [3.05, 3.63) is 32.6 Å². The van der Waals surface area contributed by atoms with Crippen LogP contribution >= 0.6 is 38.9 Å².